The highest BCUT2D eigenvalue weighted by atomic mass is 19.1. The van der Waals surface area contributed by atoms with Gasteiger partial charge in [0.25, 0.3) is 0 Å². The Bertz CT molecular complexity index is 639. The third-order valence-corrected chi connectivity index (χ3v) is 2.52. The van der Waals surface area contributed by atoms with E-state index in [2.05, 4.69) is 4.98 Å². The van der Waals surface area contributed by atoms with Crippen molar-refractivity contribution in [3.8, 4) is 5.69 Å². The van der Waals surface area contributed by atoms with Crippen LogP contribution in [0, 0.1) is 18.6 Å². The van der Waals surface area contributed by atoms with Gasteiger partial charge in [0, 0.05) is 18.5 Å². The summed E-state index contributed by atoms with van der Waals surface area (Å²) in [6.07, 6.45) is 4.82. The average molecular weight is 264 g/mol. The minimum Gasteiger partial charge on any atom is -0.478 e. The van der Waals surface area contributed by atoms with Gasteiger partial charge in [0.2, 0.25) is 0 Å². The summed E-state index contributed by atoms with van der Waals surface area (Å²) in [6, 6.07) is 2.13. The van der Waals surface area contributed by atoms with Crippen LogP contribution in [0.15, 0.2) is 30.6 Å². The van der Waals surface area contributed by atoms with Gasteiger partial charge in [0.05, 0.1) is 0 Å². The highest BCUT2D eigenvalue weighted by Crippen LogP contribution is 2.21. The van der Waals surface area contributed by atoms with Gasteiger partial charge in [-0.3, -0.25) is 4.57 Å². The van der Waals surface area contributed by atoms with Crippen molar-refractivity contribution in [2.75, 3.05) is 0 Å². The minimum absolute atomic E-state index is 0.138. The number of nitrogens with zero attached hydrogens (tertiary/aromatic N) is 2. The van der Waals surface area contributed by atoms with Crippen molar-refractivity contribution in [3.63, 3.8) is 0 Å². The molecule has 4 nitrogen and oxygen atoms in total. The normalized spacial score (nSPS) is 11.1. The number of carboxylic acid groups (broad SMARTS) is 1. The van der Waals surface area contributed by atoms with Gasteiger partial charge in [-0.25, -0.2) is 18.6 Å². The predicted octanol–water partition coefficient (Wildman–Crippen LogP) is 2.56. The summed E-state index contributed by atoms with van der Waals surface area (Å²) >= 11 is 0. The molecule has 2 aromatic rings. The van der Waals surface area contributed by atoms with E-state index in [-0.39, 0.29) is 11.3 Å². The summed E-state index contributed by atoms with van der Waals surface area (Å²) in [5, 5.41) is 8.47. The Morgan fingerprint density at radius 3 is 2.47 bits per heavy atom. The zero-order chi connectivity index (χ0) is 14.0. The molecular formula is C13H10F2N2O2. The van der Waals surface area contributed by atoms with E-state index in [0.29, 0.717) is 5.82 Å². The summed E-state index contributed by atoms with van der Waals surface area (Å²) in [5.74, 6) is -2.31. The molecule has 0 bridgehead atoms. The lowest BCUT2D eigenvalue weighted by molar-refractivity contribution is -0.131. The van der Waals surface area contributed by atoms with Crippen LogP contribution < -0.4 is 0 Å². The van der Waals surface area contributed by atoms with E-state index in [0.717, 1.165) is 24.3 Å². The highest BCUT2D eigenvalue weighted by molar-refractivity contribution is 5.85. The average Bonchev–Trinajstić information content (AvgIpc) is 2.72. The molecule has 1 heterocycles. The molecule has 1 N–H and O–H groups in total. The Morgan fingerprint density at radius 2 is 2.00 bits per heavy atom. The number of rotatable bonds is 3. The minimum atomic E-state index is -1.18. The molecule has 19 heavy (non-hydrogen) atoms. The first kappa shape index (κ1) is 12.9. The number of hydrogen-bond acceptors (Lipinski definition) is 2. The number of hydrogen-bond donors (Lipinski definition) is 1. The maximum atomic E-state index is 13.9. The molecule has 0 unspecified atom stereocenters. The summed E-state index contributed by atoms with van der Waals surface area (Å²) < 4.78 is 29.1. The molecule has 0 atom stereocenters. The zero-order valence-corrected chi connectivity index (χ0v) is 9.97. The first-order chi connectivity index (χ1) is 8.99. The van der Waals surface area contributed by atoms with Gasteiger partial charge in [-0.2, -0.15) is 0 Å². The molecule has 6 heteroatoms. The molecule has 0 saturated heterocycles. The lowest BCUT2D eigenvalue weighted by Gasteiger charge is -2.08. The summed E-state index contributed by atoms with van der Waals surface area (Å²) in [4.78, 5) is 14.2. The van der Waals surface area contributed by atoms with Gasteiger partial charge in [0.15, 0.2) is 11.6 Å². The van der Waals surface area contributed by atoms with Crippen LogP contribution in [0.25, 0.3) is 11.8 Å². The molecular weight excluding hydrogens is 254 g/mol. The predicted molar refractivity (Wildman–Crippen MR) is 64.9 cm³/mol. The summed E-state index contributed by atoms with van der Waals surface area (Å²) in [7, 11) is 0. The molecule has 98 valence electrons. The molecule has 0 aliphatic rings. The molecule has 0 radical (unpaired) electrons. The van der Waals surface area contributed by atoms with Crippen LogP contribution >= 0.6 is 0 Å². The van der Waals surface area contributed by atoms with Gasteiger partial charge in [-0.05, 0) is 30.7 Å². The number of aryl methyl sites for hydroxylation is 1. The maximum Gasteiger partial charge on any atom is 0.328 e. The molecule has 0 fully saturated rings. The number of imidazole rings is 1. The fourth-order valence-corrected chi connectivity index (χ4v) is 1.69. The van der Waals surface area contributed by atoms with E-state index in [9.17, 15) is 13.6 Å². The van der Waals surface area contributed by atoms with E-state index < -0.39 is 17.6 Å². The van der Waals surface area contributed by atoms with E-state index in [1.165, 1.54) is 17.0 Å². The second kappa shape index (κ2) is 5.01. The molecule has 1 aromatic carbocycles. The van der Waals surface area contributed by atoms with Crippen LogP contribution in [0.4, 0.5) is 8.78 Å². The molecule has 1 aromatic heterocycles. The Labute approximate surface area is 107 Å². The highest BCUT2D eigenvalue weighted by Gasteiger charge is 2.14. The molecule has 0 spiro atoms. The van der Waals surface area contributed by atoms with Gasteiger partial charge in [-0.1, -0.05) is 0 Å². The number of aromatic nitrogens is 2. The first-order valence-electron chi connectivity index (χ1n) is 5.39. The Balaban J connectivity index is 2.49. The fourth-order valence-electron chi connectivity index (χ4n) is 1.69. The zero-order valence-electron chi connectivity index (χ0n) is 9.97. The first-order valence-corrected chi connectivity index (χ1v) is 5.39. The van der Waals surface area contributed by atoms with E-state index >= 15 is 0 Å². The second-order valence-corrected chi connectivity index (χ2v) is 3.85. The summed E-state index contributed by atoms with van der Waals surface area (Å²) in [6.45, 7) is 1.62. The van der Waals surface area contributed by atoms with Gasteiger partial charge in [0.1, 0.15) is 11.5 Å². The number of halogens is 2. The van der Waals surface area contributed by atoms with Crippen LogP contribution in [0.5, 0.6) is 0 Å². The number of carbonyl (C=O) groups is 1. The lowest BCUT2D eigenvalue weighted by atomic mass is 10.1. The van der Waals surface area contributed by atoms with Gasteiger partial charge >= 0.3 is 5.97 Å². The Kier molecular flexibility index (Phi) is 3.41. The quantitative estimate of drug-likeness (QED) is 0.867. The van der Waals surface area contributed by atoms with Crippen LogP contribution in [-0.4, -0.2) is 20.6 Å². The third kappa shape index (κ3) is 2.67. The fraction of sp³-hybridized carbons (Fsp3) is 0.0769. The molecule has 0 aliphatic carbocycles. The number of carboxylic acids is 1. The molecule has 0 amide bonds. The van der Waals surface area contributed by atoms with Gasteiger partial charge in [-0.15, -0.1) is 0 Å². The van der Waals surface area contributed by atoms with E-state index in [1.54, 1.807) is 6.92 Å². The van der Waals surface area contributed by atoms with Crippen LogP contribution in [0.1, 0.15) is 11.4 Å². The second-order valence-electron chi connectivity index (χ2n) is 3.85. The van der Waals surface area contributed by atoms with E-state index in [1.807, 2.05) is 0 Å². The van der Waals surface area contributed by atoms with E-state index in [4.69, 9.17) is 5.11 Å². The molecule has 0 aliphatic heterocycles. The Hall–Kier alpha value is -2.50. The third-order valence-electron chi connectivity index (χ3n) is 2.52. The molecule has 0 saturated carbocycles. The Morgan fingerprint density at radius 1 is 1.37 bits per heavy atom. The summed E-state index contributed by atoms with van der Waals surface area (Å²) in [5.41, 5.74) is -0.0959. The van der Waals surface area contributed by atoms with Gasteiger partial charge < -0.3 is 5.11 Å². The topological polar surface area (TPSA) is 55.1 Å². The standard InChI is InChI=1S/C13H10F2N2O2/c1-8-16-4-5-17(8)13-10(14)6-9(7-11(13)15)2-3-12(18)19/h2-7H,1H3,(H,18,19). The lowest BCUT2D eigenvalue weighted by Crippen LogP contribution is -2.03. The van der Waals surface area contributed by atoms with Crippen molar-refractivity contribution in [2.45, 2.75) is 6.92 Å². The maximum absolute atomic E-state index is 13.9. The van der Waals surface area contributed by atoms with Crippen LogP contribution in [-0.2, 0) is 4.79 Å². The van der Waals surface area contributed by atoms with Crippen molar-refractivity contribution in [1.82, 2.24) is 9.55 Å². The van der Waals surface area contributed by atoms with Crippen molar-refractivity contribution >= 4 is 12.0 Å². The monoisotopic (exact) mass is 264 g/mol. The number of aliphatic carboxylic acids is 1. The van der Waals surface area contributed by atoms with Crippen molar-refractivity contribution in [3.05, 3.63) is 53.6 Å². The largest absolute Gasteiger partial charge is 0.478 e. The van der Waals surface area contributed by atoms with Crippen LogP contribution in [0.2, 0.25) is 0 Å². The number of benzene rings is 1. The van der Waals surface area contributed by atoms with Crippen molar-refractivity contribution in [2.24, 2.45) is 0 Å². The van der Waals surface area contributed by atoms with Crippen LogP contribution in [0.3, 0.4) is 0 Å². The SMILES string of the molecule is Cc1nccn1-c1c(F)cc(C=CC(=O)O)cc1F. The smallest absolute Gasteiger partial charge is 0.328 e. The van der Waals surface area contributed by atoms with Crippen molar-refractivity contribution < 1.29 is 18.7 Å². The molecule has 2 rings (SSSR count). The van der Waals surface area contributed by atoms with Crippen molar-refractivity contribution in [1.29, 1.82) is 0 Å².